The second kappa shape index (κ2) is 3.68. The van der Waals surface area contributed by atoms with Gasteiger partial charge in [0.15, 0.2) is 5.82 Å². The number of hydrogen-bond acceptors (Lipinski definition) is 3. The van der Waals surface area contributed by atoms with Crippen molar-refractivity contribution in [3.8, 4) is 0 Å². The molecule has 2 rings (SSSR count). The second-order valence-corrected chi connectivity index (χ2v) is 3.28. The van der Waals surface area contributed by atoms with Gasteiger partial charge >= 0.3 is 0 Å². The molecule has 0 aliphatic heterocycles. The van der Waals surface area contributed by atoms with Crippen LogP contribution < -0.4 is 0 Å². The van der Waals surface area contributed by atoms with Crippen LogP contribution in [0.5, 0.6) is 0 Å². The number of aromatic nitrogens is 4. The van der Waals surface area contributed by atoms with Crippen molar-refractivity contribution >= 4 is 5.78 Å². The van der Waals surface area contributed by atoms with Gasteiger partial charge in [-0.05, 0) is 6.92 Å². The van der Waals surface area contributed by atoms with Crippen molar-refractivity contribution < 1.29 is 4.79 Å². The highest BCUT2D eigenvalue weighted by Gasteiger charge is 2.14. The van der Waals surface area contributed by atoms with Crippen molar-refractivity contribution in [2.75, 3.05) is 0 Å². The van der Waals surface area contributed by atoms with E-state index in [4.69, 9.17) is 0 Å². The Morgan fingerprint density at radius 3 is 2.87 bits per heavy atom. The molecule has 0 radical (unpaired) electrons. The number of carbonyl (C=O) groups is 1. The van der Waals surface area contributed by atoms with Crippen molar-refractivity contribution in [3.05, 3.63) is 36.2 Å². The van der Waals surface area contributed by atoms with Crippen molar-refractivity contribution in [2.24, 2.45) is 7.05 Å². The van der Waals surface area contributed by atoms with E-state index in [0.29, 0.717) is 11.4 Å². The highest BCUT2D eigenvalue weighted by molar-refractivity contribution is 6.06. The molecule has 15 heavy (non-hydrogen) atoms. The average Bonchev–Trinajstić information content (AvgIpc) is 2.84. The molecule has 0 saturated carbocycles. The van der Waals surface area contributed by atoms with Gasteiger partial charge in [-0.3, -0.25) is 9.48 Å². The third-order valence-corrected chi connectivity index (χ3v) is 2.24. The van der Waals surface area contributed by atoms with Gasteiger partial charge in [0, 0.05) is 32.2 Å². The van der Waals surface area contributed by atoms with Crippen LogP contribution in [0.1, 0.15) is 23.1 Å². The summed E-state index contributed by atoms with van der Waals surface area (Å²) in [4.78, 5) is 15.9. The second-order valence-electron chi connectivity index (χ2n) is 3.28. The van der Waals surface area contributed by atoms with E-state index in [1.54, 1.807) is 41.1 Å². The highest BCUT2D eigenvalue weighted by Crippen LogP contribution is 2.06. The van der Waals surface area contributed by atoms with E-state index in [2.05, 4.69) is 10.1 Å². The van der Waals surface area contributed by atoms with E-state index in [1.807, 2.05) is 6.92 Å². The van der Waals surface area contributed by atoms with Gasteiger partial charge in [0.25, 0.3) is 0 Å². The zero-order chi connectivity index (χ0) is 10.8. The maximum Gasteiger partial charge on any atom is 0.231 e. The fraction of sp³-hybridized carbons (Fsp3) is 0.300. The van der Waals surface area contributed by atoms with Crippen LogP contribution in [-0.2, 0) is 13.6 Å². The van der Waals surface area contributed by atoms with Gasteiger partial charge in [-0.25, -0.2) is 4.98 Å². The van der Waals surface area contributed by atoms with E-state index in [1.165, 1.54) is 0 Å². The van der Waals surface area contributed by atoms with Gasteiger partial charge in [0.2, 0.25) is 5.78 Å². The third kappa shape index (κ3) is 1.68. The van der Waals surface area contributed by atoms with E-state index in [-0.39, 0.29) is 5.78 Å². The van der Waals surface area contributed by atoms with E-state index < -0.39 is 0 Å². The minimum atomic E-state index is -0.0952. The Morgan fingerprint density at radius 2 is 2.33 bits per heavy atom. The summed E-state index contributed by atoms with van der Waals surface area (Å²) in [5.74, 6) is 0.341. The molecule has 78 valence electrons. The van der Waals surface area contributed by atoms with Crippen LogP contribution in [0.2, 0.25) is 0 Å². The first-order chi connectivity index (χ1) is 7.22. The Labute approximate surface area is 87.4 Å². The zero-order valence-corrected chi connectivity index (χ0v) is 8.71. The first-order valence-electron chi connectivity index (χ1n) is 4.77. The fourth-order valence-corrected chi connectivity index (χ4v) is 1.37. The first-order valence-corrected chi connectivity index (χ1v) is 4.77. The summed E-state index contributed by atoms with van der Waals surface area (Å²) in [6.45, 7) is 2.73. The summed E-state index contributed by atoms with van der Waals surface area (Å²) in [6, 6.07) is 0. The lowest BCUT2D eigenvalue weighted by atomic mass is 10.2. The number of imidazole rings is 1. The normalized spacial score (nSPS) is 10.5. The molecule has 0 bridgehead atoms. The van der Waals surface area contributed by atoms with Crippen LogP contribution in [0, 0.1) is 0 Å². The van der Waals surface area contributed by atoms with E-state index >= 15 is 0 Å². The smallest absolute Gasteiger partial charge is 0.231 e. The standard InChI is InChI=1S/C10H12N4O/c1-3-14-7-8(6-12-14)9(15)10-11-4-5-13(10)2/h4-7H,3H2,1-2H3. The molecule has 0 spiro atoms. The summed E-state index contributed by atoms with van der Waals surface area (Å²) in [5.41, 5.74) is 0.575. The van der Waals surface area contributed by atoms with Crippen molar-refractivity contribution in [1.29, 1.82) is 0 Å². The average molecular weight is 204 g/mol. The third-order valence-electron chi connectivity index (χ3n) is 2.24. The predicted octanol–water partition coefficient (Wildman–Crippen LogP) is 0.867. The van der Waals surface area contributed by atoms with Crippen molar-refractivity contribution in [2.45, 2.75) is 13.5 Å². The minimum absolute atomic E-state index is 0.0952. The molecule has 0 aromatic carbocycles. The molecule has 0 fully saturated rings. The lowest BCUT2D eigenvalue weighted by Crippen LogP contribution is -2.07. The Kier molecular flexibility index (Phi) is 2.37. The monoisotopic (exact) mass is 204 g/mol. The minimum Gasteiger partial charge on any atom is -0.331 e. The zero-order valence-electron chi connectivity index (χ0n) is 8.71. The summed E-state index contributed by atoms with van der Waals surface area (Å²) in [5, 5.41) is 4.05. The topological polar surface area (TPSA) is 52.7 Å². The molecule has 0 unspecified atom stereocenters. The van der Waals surface area contributed by atoms with Crippen LogP contribution in [-0.4, -0.2) is 25.1 Å². The number of aryl methyl sites for hydroxylation is 2. The summed E-state index contributed by atoms with van der Waals surface area (Å²) in [7, 11) is 1.80. The molecule has 0 aliphatic carbocycles. The molecule has 0 atom stereocenters. The lowest BCUT2D eigenvalue weighted by Gasteiger charge is -1.97. The molecule has 2 aromatic rings. The molecule has 0 aliphatic rings. The molecule has 0 N–H and O–H groups in total. The number of rotatable bonds is 3. The van der Waals surface area contributed by atoms with E-state index in [0.717, 1.165) is 6.54 Å². The van der Waals surface area contributed by atoms with Crippen LogP contribution in [0.3, 0.4) is 0 Å². The summed E-state index contributed by atoms with van der Waals surface area (Å²) in [6.07, 6.45) is 6.66. The van der Waals surface area contributed by atoms with Crippen LogP contribution in [0.15, 0.2) is 24.8 Å². The van der Waals surface area contributed by atoms with E-state index in [9.17, 15) is 4.79 Å². The maximum absolute atomic E-state index is 11.9. The number of carbonyl (C=O) groups excluding carboxylic acids is 1. The Bertz CT molecular complexity index is 483. The fourth-order valence-electron chi connectivity index (χ4n) is 1.37. The van der Waals surface area contributed by atoms with Gasteiger partial charge in [0.1, 0.15) is 0 Å². The van der Waals surface area contributed by atoms with Gasteiger partial charge in [0.05, 0.1) is 11.8 Å². The molecule has 0 saturated heterocycles. The predicted molar refractivity (Wildman–Crippen MR) is 54.5 cm³/mol. The van der Waals surface area contributed by atoms with Crippen LogP contribution in [0.25, 0.3) is 0 Å². The molecular formula is C10H12N4O. The SMILES string of the molecule is CCn1cc(C(=O)c2nccn2C)cn1. The maximum atomic E-state index is 11.9. The Balaban J connectivity index is 2.32. The van der Waals surface area contributed by atoms with Crippen LogP contribution in [0.4, 0.5) is 0 Å². The molecule has 5 heteroatoms. The lowest BCUT2D eigenvalue weighted by molar-refractivity contribution is 0.102. The number of ketones is 1. The number of nitrogens with zero attached hydrogens (tertiary/aromatic N) is 4. The summed E-state index contributed by atoms with van der Waals surface area (Å²) < 4.78 is 3.42. The molecule has 2 aromatic heterocycles. The molecule has 2 heterocycles. The Morgan fingerprint density at radius 1 is 1.53 bits per heavy atom. The number of hydrogen-bond donors (Lipinski definition) is 0. The highest BCUT2D eigenvalue weighted by atomic mass is 16.1. The Hall–Kier alpha value is -1.91. The quantitative estimate of drug-likeness (QED) is 0.697. The summed E-state index contributed by atoms with van der Waals surface area (Å²) >= 11 is 0. The van der Waals surface area contributed by atoms with Crippen LogP contribution >= 0.6 is 0 Å². The molecule has 5 nitrogen and oxygen atoms in total. The first kappa shape index (κ1) is 9.64. The van der Waals surface area contributed by atoms with Gasteiger partial charge < -0.3 is 4.57 Å². The van der Waals surface area contributed by atoms with Crippen molar-refractivity contribution in [3.63, 3.8) is 0 Å². The molecular weight excluding hydrogens is 192 g/mol. The van der Waals surface area contributed by atoms with Gasteiger partial charge in [-0.15, -0.1) is 0 Å². The van der Waals surface area contributed by atoms with Crippen molar-refractivity contribution in [1.82, 2.24) is 19.3 Å². The van der Waals surface area contributed by atoms with Gasteiger partial charge in [-0.2, -0.15) is 5.10 Å². The van der Waals surface area contributed by atoms with Gasteiger partial charge in [-0.1, -0.05) is 0 Å². The molecule has 0 amide bonds. The largest absolute Gasteiger partial charge is 0.331 e.